The Morgan fingerprint density at radius 3 is 2.96 bits per heavy atom. The maximum atomic E-state index is 12.6. The van der Waals surface area contributed by atoms with Crippen molar-refractivity contribution in [3.8, 4) is 0 Å². The Morgan fingerprint density at radius 1 is 1.33 bits per heavy atom. The summed E-state index contributed by atoms with van der Waals surface area (Å²) in [5, 5.41) is 3.22. The molecule has 3 rings (SSSR count). The fraction of sp³-hybridized carbons (Fsp3) is 0.421. The smallest absolute Gasteiger partial charge is 0.317 e. The van der Waals surface area contributed by atoms with Gasteiger partial charge in [-0.05, 0) is 36.3 Å². The molecule has 0 spiro atoms. The van der Waals surface area contributed by atoms with Gasteiger partial charge in [-0.2, -0.15) is 0 Å². The number of fused-ring (bicyclic) bond motifs is 1. The van der Waals surface area contributed by atoms with Gasteiger partial charge in [0, 0.05) is 19.4 Å². The highest BCUT2D eigenvalue weighted by molar-refractivity contribution is 5.74. The van der Waals surface area contributed by atoms with Crippen molar-refractivity contribution in [2.45, 2.75) is 38.8 Å². The van der Waals surface area contributed by atoms with Crippen molar-refractivity contribution in [2.75, 3.05) is 7.05 Å². The van der Waals surface area contributed by atoms with Crippen LogP contribution in [0.15, 0.2) is 42.9 Å². The van der Waals surface area contributed by atoms with Crippen LogP contribution >= 0.6 is 0 Å². The number of rotatable bonds is 3. The molecule has 126 valence electrons. The van der Waals surface area contributed by atoms with Crippen LogP contribution in [-0.4, -0.2) is 27.9 Å². The molecule has 0 unspecified atom stereocenters. The van der Waals surface area contributed by atoms with E-state index in [0.29, 0.717) is 12.5 Å². The number of benzene rings is 1. The number of carbonyl (C=O) groups excluding carboxylic acids is 1. The van der Waals surface area contributed by atoms with E-state index < -0.39 is 0 Å². The van der Waals surface area contributed by atoms with Crippen molar-refractivity contribution in [3.05, 3.63) is 59.7 Å². The molecule has 1 aliphatic carbocycles. The van der Waals surface area contributed by atoms with E-state index in [4.69, 9.17) is 0 Å². The summed E-state index contributed by atoms with van der Waals surface area (Å²) >= 11 is 0. The molecule has 24 heavy (non-hydrogen) atoms. The van der Waals surface area contributed by atoms with E-state index in [1.807, 2.05) is 0 Å². The Hall–Kier alpha value is -2.43. The molecule has 2 amide bonds. The van der Waals surface area contributed by atoms with Gasteiger partial charge in [0.25, 0.3) is 0 Å². The van der Waals surface area contributed by atoms with Gasteiger partial charge in [0.05, 0.1) is 24.5 Å². The first-order valence-corrected chi connectivity index (χ1v) is 8.49. The zero-order valence-electron chi connectivity index (χ0n) is 14.3. The van der Waals surface area contributed by atoms with Gasteiger partial charge < -0.3 is 10.2 Å². The van der Waals surface area contributed by atoms with Crippen molar-refractivity contribution in [3.63, 3.8) is 0 Å². The lowest BCUT2D eigenvalue weighted by Crippen LogP contribution is -2.41. The van der Waals surface area contributed by atoms with Crippen molar-refractivity contribution in [1.29, 1.82) is 0 Å². The second-order valence-electron chi connectivity index (χ2n) is 6.55. The van der Waals surface area contributed by atoms with E-state index in [-0.39, 0.29) is 12.1 Å². The zero-order chi connectivity index (χ0) is 16.9. The topological polar surface area (TPSA) is 58.1 Å². The molecule has 2 atom stereocenters. The maximum absolute atomic E-state index is 12.6. The fourth-order valence-corrected chi connectivity index (χ4v) is 3.34. The number of aromatic nitrogens is 2. The van der Waals surface area contributed by atoms with Crippen LogP contribution in [0.2, 0.25) is 0 Å². The standard InChI is InChI=1S/C19H24N4O/c1-14-6-5-8-15-7-3-4-9-17(15)18(14)22-19(24)23(2)13-16-12-20-10-11-21-16/h3-4,7,9-12,14,18H,5-6,8,13H2,1-2H3,(H,22,24)/t14-,18+/m1/s1. The summed E-state index contributed by atoms with van der Waals surface area (Å²) in [6.07, 6.45) is 8.33. The first-order valence-electron chi connectivity index (χ1n) is 8.49. The number of nitrogens with one attached hydrogen (secondary N) is 1. The minimum atomic E-state index is -0.0748. The fourth-order valence-electron chi connectivity index (χ4n) is 3.34. The summed E-state index contributed by atoms with van der Waals surface area (Å²) in [6.45, 7) is 2.66. The zero-order valence-corrected chi connectivity index (χ0v) is 14.3. The maximum Gasteiger partial charge on any atom is 0.317 e. The highest BCUT2D eigenvalue weighted by atomic mass is 16.2. The Balaban J connectivity index is 1.73. The molecule has 1 aromatic carbocycles. The van der Waals surface area contributed by atoms with Crippen LogP contribution in [0.1, 0.15) is 42.6 Å². The van der Waals surface area contributed by atoms with Crippen molar-refractivity contribution < 1.29 is 4.79 Å². The second kappa shape index (κ2) is 7.43. The molecule has 5 heteroatoms. The molecule has 5 nitrogen and oxygen atoms in total. The van der Waals surface area contributed by atoms with Crippen LogP contribution in [0.4, 0.5) is 4.79 Å². The number of amides is 2. The quantitative estimate of drug-likeness (QED) is 0.881. The third-order valence-corrected chi connectivity index (χ3v) is 4.71. The molecule has 1 aromatic heterocycles. The normalized spacial score (nSPS) is 19.9. The number of carbonyl (C=O) groups is 1. The van der Waals surface area contributed by atoms with E-state index in [1.165, 1.54) is 17.5 Å². The molecule has 0 saturated carbocycles. The molecule has 2 aromatic rings. The van der Waals surface area contributed by atoms with Crippen LogP contribution in [0, 0.1) is 5.92 Å². The number of aryl methyl sites for hydroxylation is 1. The van der Waals surface area contributed by atoms with Crippen LogP contribution in [0.5, 0.6) is 0 Å². The SMILES string of the molecule is C[C@@H]1CCCc2ccccc2[C@H]1NC(=O)N(C)Cc1cnccn1. The van der Waals surface area contributed by atoms with Crippen molar-refractivity contribution >= 4 is 6.03 Å². The van der Waals surface area contributed by atoms with E-state index in [2.05, 4.69) is 46.5 Å². The van der Waals surface area contributed by atoms with Crippen LogP contribution < -0.4 is 5.32 Å². The highest BCUT2D eigenvalue weighted by Crippen LogP contribution is 2.33. The number of nitrogens with zero attached hydrogens (tertiary/aromatic N) is 3. The summed E-state index contributed by atoms with van der Waals surface area (Å²) < 4.78 is 0. The van der Waals surface area contributed by atoms with Crippen LogP contribution in [0.3, 0.4) is 0 Å². The second-order valence-corrected chi connectivity index (χ2v) is 6.55. The summed E-state index contributed by atoms with van der Waals surface area (Å²) in [7, 11) is 1.79. The first-order chi connectivity index (χ1) is 11.6. The van der Waals surface area contributed by atoms with Crippen molar-refractivity contribution in [1.82, 2.24) is 20.2 Å². The third kappa shape index (κ3) is 3.72. The van der Waals surface area contributed by atoms with Gasteiger partial charge in [-0.25, -0.2) is 4.79 Å². The first kappa shape index (κ1) is 16.4. The molecule has 0 aliphatic heterocycles. The molecule has 0 bridgehead atoms. The minimum Gasteiger partial charge on any atom is -0.331 e. The van der Waals surface area contributed by atoms with Gasteiger partial charge in [0.2, 0.25) is 0 Å². The number of hydrogen-bond acceptors (Lipinski definition) is 3. The van der Waals surface area contributed by atoms with E-state index in [0.717, 1.165) is 18.5 Å². The average Bonchev–Trinajstić information content (AvgIpc) is 2.75. The molecule has 1 heterocycles. The monoisotopic (exact) mass is 324 g/mol. The molecule has 0 saturated heterocycles. The minimum absolute atomic E-state index is 0.0560. The predicted octanol–water partition coefficient (Wildman–Crippen LogP) is 3.33. The van der Waals surface area contributed by atoms with Crippen molar-refractivity contribution in [2.24, 2.45) is 5.92 Å². The molecular formula is C19H24N4O. The summed E-state index contributed by atoms with van der Waals surface area (Å²) in [4.78, 5) is 22.6. The average molecular weight is 324 g/mol. The molecule has 0 radical (unpaired) electrons. The lowest BCUT2D eigenvalue weighted by Gasteiger charge is -2.27. The Labute approximate surface area is 143 Å². The largest absolute Gasteiger partial charge is 0.331 e. The van der Waals surface area contributed by atoms with Gasteiger partial charge in [-0.1, -0.05) is 31.2 Å². The lowest BCUT2D eigenvalue weighted by molar-refractivity contribution is 0.197. The van der Waals surface area contributed by atoms with Gasteiger partial charge in [-0.3, -0.25) is 9.97 Å². The molecule has 1 aliphatic rings. The van der Waals surface area contributed by atoms with E-state index in [9.17, 15) is 4.79 Å². The lowest BCUT2D eigenvalue weighted by atomic mass is 9.92. The third-order valence-electron chi connectivity index (χ3n) is 4.71. The molecule has 0 fully saturated rings. The Kier molecular flexibility index (Phi) is 5.08. The summed E-state index contributed by atoms with van der Waals surface area (Å²) in [5.74, 6) is 0.419. The van der Waals surface area contributed by atoms with E-state index in [1.54, 1.807) is 30.5 Å². The van der Waals surface area contributed by atoms with Gasteiger partial charge in [0.15, 0.2) is 0 Å². The Morgan fingerprint density at radius 2 is 2.17 bits per heavy atom. The summed E-state index contributed by atoms with van der Waals surface area (Å²) in [6, 6.07) is 8.43. The summed E-state index contributed by atoms with van der Waals surface area (Å²) in [5.41, 5.74) is 3.39. The van der Waals surface area contributed by atoms with Crippen LogP contribution in [0.25, 0.3) is 0 Å². The number of urea groups is 1. The highest BCUT2D eigenvalue weighted by Gasteiger charge is 2.27. The Bertz CT molecular complexity index is 689. The van der Waals surface area contributed by atoms with Gasteiger partial charge in [0.1, 0.15) is 0 Å². The van der Waals surface area contributed by atoms with Gasteiger partial charge in [-0.15, -0.1) is 0 Å². The molecule has 1 N–H and O–H groups in total. The number of hydrogen-bond donors (Lipinski definition) is 1. The van der Waals surface area contributed by atoms with E-state index >= 15 is 0 Å². The predicted molar refractivity (Wildman–Crippen MR) is 93.3 cm³/mol. The van der Waals surface area contributed by atoms with Gasteiger partial charge >= 0.3 is 6.03 Å². The van der Waals surface area contributed by atoms with Crippen LogP contribution in [-0.2, 0) is 13.0 Å². The molecular weight excluding hydrogens is 300 g/mol.